The minimum absolute atomic E-state index is 0.0615. The first-order valence-electron chi connectivity index (χ1n) is 5.51. The Morgan fingerprint density at radius 1 is 1.28 bits per heavy atom. The van der Waals surface area contributed by atoms with Crippen LogP contribution in [0.25, 0.3) is 0 Å². The standard InChI is InChI=1S/C13H15N3O2/c1-7(2)11(13(16)18)9-4-3-8(6-14)5-10(9)12(15)17/h3-5,7,11H,1-2H3,(H2,15,17)(H2,16,18)/t11-/m0/s1. The first-order valence-corrected chi connectivity index (χ1v) is 5.51. The van der Waals surface area contributed by atoms with Crippen molar-refractivity contribution in [3.8, 4) is 6.07 Å². The van der Waals surface area contributed by atoms with Crippen molar-refractivity contribution < 1.29 is 9.59 Å². The maximum atomic E-state index is 11.5. The van der Waals surface area contributed by atoms with Gasteiger partial charge in [0.2, 0.25) is 11.8 Å². The van der Waals surface area contributed by atoms with Gasteiger partial charge in [-0.2, -0.15) is 5.26 Å². The van der Waals surface area contributed by atoms with Crippen LogP contribution >= 0.6 is 0 Å². The van der Waals surface area contributed by atoms with E-state index in [9.17, 15) is 9.59 Å². The van der Waals surface area contributed by atoms with Crippen molar-refractivity contribution in [3.05, 3.63) is 34.9 Å². The molecular weight excluding hydrogens is 230 g/mol. The number of benzene rings is 1. The molecule has 0 aliphatic rings. The molecule has 0 bridgehead atoms. The molecule has 94 valence electrons. The molecule has 0 saturated carbocycles. The fraction of sp³-hybridized carbons (Fsp3) is 0.308. The van der Waals surface area contributed by atoms with E-state index in [2.05, 4.69) is 0 Å². The van der Waals surface area contributed by atoms with E-state index in [1.165, 1.54) is 6.07 Å². The average Bonchev–Trinajstić information content (AvgIpc) is 2.28. The summed E-state index contributed by atoms with van der Waals surface area (Å²) in [5.41, 5.74) is 11.6. The Hall–Kier alpha value is -2.35. The quantitative estimate of drug-likeness (QED) is 0.821. The summed E-state index contributed by atoms with van der Waals surface area (Å²) in [5.74, 6) is -1.85. The molecule has 5 nitrogen and oxygen atoms in total. The number of amides is 2. The van der Waals surface area contributed by atoms with Crippen LogP contribution in [0, 0.1) is 17.2 Å². The monoisotopic (exact) mass is 245 g/mol. The van der Waals surface area contributed by atoms with Crippen molar-refractivity contribution in [2.45, 2.75) is 19.8 Å². The van der Waals surface area contributed by atoms with Gasteiger partial charge in [0.05, 0.1) is 17.6 Å². The number of nitrogens with zero attached hydrogens (tertiary/aromatic N) is 1. The highest BCUT2D eigenvalue weighted by Crippen LogP contribution is 2.27. The lowest BCUT2D eigenvalue weighted by molar-refractivity contribution is -0.120. The fourth-order valence-corrected chi connectivity index (χ4v) is 1.95. The number of primary amides is 2. The maximum absolute atomic E-state index is 11.5. The van der Waals surface area contributed by atoms with Crippen molar-refractivity contribution in [2.24, 2.45) is 17.4 Å². The number of carbonyl (C=O) groups excluding carboxylic acids is 2. The molecular formula is C13H15N3O2. The molecule has 0 aliphatic heterocycles. The van der Waals surface area contributed by atoms with Crippen molar-refractivity contribution >= 4 is 11.8 Å². The Morgan fingerprint density at radius 3 is 2.28 bits per heavy atom. The zero-order valence-corrected chi connectivity index (χ0v) is 10.3. The van der Waals surface area contributed by atoms with Crippen LogP contribution in [-0.2, 0) is 4.79 Å². The van der Waals surface area contributed by atoms with Crippen LogP contribution in [0.4, 0.5) is 0 Å². The molecule has 18 heavy (non-hydrogen) atoms. The molecule has 1 aromatic carbocycles. The summed E-state index contributed by atoms with van der Waals surface area (Å²) < 4.78 is 0. The van der Waals surface area contributed by atoms with Crippen molar-refractivity contribution in [3.63, 3.8) is 0 Å². The molecule has 0 heterocycles. The Bertz CT molecular complexity index is 530. The Morgan fingerprint density at radius 2 is 1.89 bits per heavy atom. The van der Waals surface area contributed by atoms with Crippen LogP contribution in [0.15, 0.2) is 18.2 Å². The van der Waals surface area contributed by atoms with E-state index in [0.717, 1.165) is 0 Å². The lowest BCUT2D eigenvalue weighted by Gasteiger charge is -2.20. The molecule has 0 unspecified atom stereocenters. The van der Waals surface area contributed by atoms with Crippen LogP contribution in [0.1, 0.15) is 41.3 Å². The zero-order valence-electron chi connectivity index (χ0n) is 10.3. The second kappa shape index (κ2) is 5.32. The number of hydrogen-bond acceptors (Lipinski definition) is 3. The predicted molar refractivity (Wildman–Crippen MR) is 66.4 cm³/mol. The molecule has 0 aliphatic carbocycles. The predicted octanol–water partition coefficient (Wildman–Crippen LogP) is 0.882. The zero-order chi connectivity index (χ0) is 13.9. The number of rotatable bonds is 4. The molecule has 0 spiro atoms. The van der Waals surface area contributed by atoms with Crippen molar-refractivity contribution in [1.82, 2.24) is 0 Å². The highest BCUT2D eigenvalue weighted by molar-refractivity contribution is 5.97. The van der Waals surface area contributed by atoms with E-state index in [4.69, 9.17) is 16.7 Å². The Balaban J connectivity index is 3.44. The van der Waals surface area contributed by atoms with Crippen molar-refractivity contribution in [2.75, 3.05) is 0 Å². The van der Waals surface area contributed by atoms with E-state index in [1.807, 2.05) is 19.9 Å². The molecule has 0 aromatic heterocycles. The van der Waals surface area contributed by atoms with Gasteiger partial charge in [-0.05, 0) is 23.6 Å². The minimum Gasteiger partial charge on any atom is -0.369 e. The van der Waals surface area contributed by atoms with Gasteiger partial charge in [-0.15, -0.1) is 0 Å². The molecule has 1 rings (SSSR count). The Kier molecular flexibility index (Phi) is 4.05. The fourth-order valence-electron chi connectivity index (χ4n) is 1.95. The topological polar surface area (TPSA) is 110 Å². The highest BCUT2D eigenvalue weighted by atomic mass is 16.1. The SMILES string of the molecule is CC(C)[C@H](C(N)=O)c1ccc(C#N)cc1C(N)=O. The largest absolute Gasteiger partial charge is 0.369 e. The molecule has 0 radical (unpaired) electrons. The van der Waals surface area contributed by atoms with Crippen molar-refractivity contribution in [1.29, 1.82) is 5.26 Å². The van der Waals surface area contributed by atoms with Gasteiger partial charge in [-0.3, -0.25) is 9.59 Å². The van der Waals surface area contributed by atoms with Gasteiger partial charge in [-0.1, -0.05) is 19.9 Å². The number of hydrogen-bond donors (Lipinski definition) is 2. The molecule has 4 N–H and O–H groups in total. The van der Waals surface area contributed by atoms with Gasteiger partial charge >= 0.3 is 0 Å². The van der Waals surface area contributed by atoms with Gasteiger partial charge in [0.15, 0.2) is 0 Å². The number of nitrogens with two attached hydrogens (primary N) is 2. The lowest BCUT2D eigenvalue weighted by Crippen LogP contribution is -2.28. The summed E-state index contributed by atoms with van der Waals surface area (Å²) in [5, 5.41) is 8.80. The summed E-state index contributed by atoms with van der Waals surface area (Å²) in [6.07, 6.45) is 0. The van der Waals surface area contributed by atoms with E-state index in [0.29, 0.717) is 11.1 Å². The second-order valence-electron chi connectivity index (χ2n) is 4.40. The van der Waals surface area contributed by atoms with Gasteiger partial charge in [0, 0.05) is 5.56 Å². The van der Waals surface area contributed by atoms with E-state index in [1.54, 1.807) is 12.1 Å². The lowest BCUT2D eigenvalue weighted by atomic mass is 9.84. The van der Waals surface area contributed by atoms with Gasteiger partial charge in [-0.25, -0.2) is 0 Å². The first kappa shape index (κ1) is 13.7. The van der Waals surface area contributed by atoms with Crippen LogP contribution in [-0.4, -0.2) is 11.8 Å². The normalized spacial score (nSPS) is 11.9. The smallest absolute Gasteiger partial charge is 0.249 e. The third-order valence-corrected chi connectivity index (χ3v) is 2.76. The van der Waals surface area contributed by atoms with E-state index in [-0.39, 0.29) is 11.5 Å². The van der Waals surface area contributed by atoms with E-state index >= 15 is 0 Å². The number of nitriles is 1. The van der Waals surface area contributed by atoms with Gasteiger partial charge in [0.25, 0.3) is 0 Å². The summed E-state index contributed by atoms with van der Waals surface area (Å²) >= 11 is 0. The molecule has 0 fully saturated rings. The summed E-state index contributed by atoms with van der Waals surface area (Å²) in [6.45, 7) is 3.66. The Labute approximate surface area is 105 Å². The molecule has 1 atom stereocenters. The van der Waals surface area contributed by atoms with Crippen LogP contribution in [0.2, 0.25) is 0 Å². The van der Waals surface area contributed by atoms with Crippen LogP contribution in [0.5, 0.6) is 0 Å². The highest BCUT2D eigenvalue weighted by Gasteiger charge is 2.26. The molecule has 1 aromatic rings. The first-order chi connectivity index (χ1) is 8.38. The third-order valence-electron chi connectivity index (χ3n) is 2.76. The van der Waals surface area contributed by atoms with Gasteiger partial charge < -0.3 is 11.5 Å². The second-order valence-corrected chi connectivity index (χ2v) is 4.40. The summed E-state index contributed by atoms with van der Waals surface area (Å²) in [4.78, 5) is 22.9. The molecule has 5 heteroatoms. The van der Waals surface area contributed by atoms with Crippen LogP contribution < -0.4 is 11.5 Å². The average molecular weight is 245 g/mol. The molecule has 2 amide bonds. The van der Waals surface area contributed by atoms with Gasteiger partial charge in [0.1, 0.15) is 0 Å². The third kappa shape index (κ3) is 2.66. The molecule has 0 saturated heterocycles. The number of carbonyl (C=O) groups is 2. The maximum Gasteiger partial charge on any atom is 0.249 e. The summed E-state index contributed by atoms with van der Waals surface area (Å²) in [7, 11) is 0. The van der Waals surface area contributed by atoms with E-state index < -0.39 is 17.7 Å². The van der Waals surface area contributed by atoms with Crippen LogP contribution in [0.3, 0.4) is 0 Å². The minimum atomic E-state index is -0.672. The summed E-state index contributed by atoms with van der Waals surface area (Å²) in [6, 6.07) is 6.41.